The number of nitrogens with zero attached hydrogens (tertiary/aromatic N) is 2. The van der Waals surface area contributed by atoms with Crippen LogP contribution in [0.2, 0.25) is 0 Å². The second kappa shape index (κ2) is 9.27. The van der Waals surface area contributed by atoms with Crippen LogP contribution in [0.3, 0.4) is 0 Å². The van der Waals surface area contributed by atoms with E-state index < -0.39 is 0 Å². The van der Waals surface area contributed by atoms with Gasteiger partial charge in [0.2, 0.25) is 0 Å². The Kier molecular flexibility index (Phi) is 7.70. The highest BCUT2D eigenvalue weighted by Gasteiger charge is 2.28. The first-order valence-corrected chi connectivity index (χ1v) is 10.0. The highest BCUT2D eigenvalue weighted by atomic mass is 15.2. The van der Waals surface area contributed by atoms with Crippen molar-refractivity contribution in [1.29, 1.82) is 0 Å². The number of piperidine rings is 2. The fourth-order valence-corrected chi connectivity index (χ4v) is 4.35. The second-order valence-corrected chi connectivity index (χ2v) is 8.58. The van der Waals surface area contributed by atoms with Crippen LogP contribution in [0, 0.1) is 17.8 Å². The first kappa shape index (κ1) is 18.3. The van der Waals surface area contributed by atoms with Crippen LogP contribution in [0.15, 0.2) is 0 Å². The van der Waals surface area contributed by atoms with Crippen molar-refractivity contribution in [1.82, 2.24) is 9.80 Å². The summed E-state index contributed by atoms with van der Waals surface area (Å²) in [7, 11) is 0. The van der Waals surface area contributed by atoms with Gasteiger partial charge in [-0.1, -0.05) is 40.5 Å². The Morgan fingerprint density at radius 3 is 2.00 bits per heavy atom. The quantitative estimate of drug-likeness (QED) is 0.632. The highest BCUT2D eigenvalue weighted by Crippen LogP contribution is 2.28. The summed E-state index contributed by atoms with van der Waals surface area (Å²) >= 11 is 0. The maximum absolute atomic E-state index is 2.81. The Labute approximate surface area is 139 Å². The zero-order valence-electron chi connectivity index (χ0n) is 15.7. The van der Waals surface area contributed by atoms with E-state index in [4.69, 9.17) is 0 Å². The predicted octanol–water partition coefficient (Wildman–Crippen LogP) is 4.65. The average Bonchev–Trinajstić information content (AvgIpc) is 2.52. The molecule has 0 radical (unpaired) electrons. The average molecular weight is 309 g/mol. The van der Waals surface area contributed by atoms with Gasteiger partial charge in [0.15, 0.2) is 0 Å². The summed E-state index contributed by atoms with van der Waals surface area (Å²) in [6.07, 6.45) is 9.93. The van der Waals surface area contributed by atoms with E-state index >= 15 is 0 Å². The summed E-state index contributed by atoms with van der Waals surface area (Å²) < 4.78 is 0. The second-order valence-electron chi connectivity index (χ2n) is 8.58. The maximum Gasteiger partial charge on any atom is 0.0120 e. The lowest BCUT2D eigenvalue weighted by atomic mass is 9.85. The first-order chi connectivity index (χ1) is 10.6. The van der Waals surface area contributed by atoms with Gasteiger partial charge in [0, 0.05) is 6.04 Å². The van der Waals surface area contributed by atoms with Crippen LogP contribution in [0.4, 0.5) is 0 Å². The largest absolute Gasteiger partial charge is 0.303 e. The number of likely N-dealkylation sites (tertiary alicyclic amines) is 2. The van der Waals surface area contributed by atoms with Gasteiger partial charge in [-0.15, -0.1) is 0 Å². The minimum Gasteiger partial charge on any atom is -0.303 e. The molecule has 0 spiro atoms. The Bertz CT molecular complexity index is 284. The van der Waals surface area contributed by atoms with Crippen LogP contribution in [0.5, 0.6) is 0 Å². The Morgan fingerprint density at radius 2 is 1.45 bits per heavy atom. The third-order valence-corrected chi connectivity index (χ3v) is 6.10. The van der Waals surface area contributed by atoms with Crippen molar-refractivity contribution in [3.05, 3.63) is 0 Å². The van der Waals surface area contributed by atoms with Gasteiger partial charge >= 0.3 is 0 Å². The van der Waals surface area contributed by atoms with Crippen LogP contribution < -0.4 is 0 Å². The van der Waals surface area contributed by atoms with E-state index in [1.54, 1.807) is 0 Å². The SMILES string of the molecule is CC(C)CCCCN1CCC(N2CCC(C(C)C)CC2)CC1. The maximum atomic E-state index is 2.81. The van der Waals surface area contributed by atoms with Crippen LogP contribution in [0.25, 0.3) is 0 Å². The van der Waals surface area contributed by atoms with Crippen LogP contribution in [0.1, 0.15) is 72.6 Å². The summed E-state index contributed by atoms with van der Waals surface area (Å²) in [5, 5.41) is 0. The topological polar surface area (TPSA) is 6.48 Å². The zero-order valence-corrected chi connectivity index (χ0v) is 15.7. The molecule has 0 bridgehead atoms. The number of hydrogen-bond donors (Lipinski definition) is 0. The summed E-state index contributed by atoms with van der Waals surface area (Å²) in [6, 6.07) is 0.889. The molecule has 0 aliphatic carbocycles. The molecule has 130 valence electrons. The molecular weight excluding hydrogens is 268 g/mol. The van der Waals surface area contributed by atoms with Gasteiger partial charge in [-0.05, 0) is 82.6 Å². The highest BCUT2D eigenvalue weighted by molar-refractivity contribution is 4.83. The molecular formula is C20H40N2. The molecule has 0 unspecified atom stereocenters. The van der Waals surface area contributed by atoms with Gasteiger partial charge in [0.1, 0.15) is 0 Å². The number of unbranched alkanes of at least 4 members (excludes halogenated alkanes) is 1. The molecule has 2 aliphatic heterocycles. The summed E-state index contributed by atoms with van der Waals surface area (Å²) in [5.74, 6) is 2.74. The van der Waals surface area contributed by atoms with Gasteiger partial charge in [0.05, 0.1) is 0 Å². The molecule has 0 atom stereocenters. The minimum atomic E-state index is 0.875. The standard InChI is InChI=1S/C20H40N2/c1-17(2)7-5-6-12-21-13-10-20(11-14-21)22-15-8-19(9-16-22)18(3)4/h17-20H,5-16H2,1-4H3. The molecule has 2 fully saturated rings. The fraction of sp³-hybridized carbons (Fsp3) is 1.00. The van der Waals surface area contributed by atoms with Crippen molar-refractivity contribution in [2.75, 3.05) is 32.7 Å². The molecule has 2 aliphatic rings. The molecule has 0 aromatic carbocycles. The lowest BCUT2D eigenvalue weighted by Crippen LogP contribution is -2.48. The Morgan fingerprint density at radius 1 is 0.818 bits per heavy atom. The summed E-state index contributed by atoms with van der Waals surface area (Å²) in [6.45, 7) is 16.2. The first-order valence-electron chi connectivity index (χ1n) is 10.0. The normalized spacial score (nSPS) is 23.7. The lowest BCUT2D eigenvalue weighted by molar-refractivity contribution is 0.0686. The van der Waals surface area contributed by atoms with Gasteiger partial charge in [-0.2, -0.15) is 0 Å². The molecule has 2 saturated heterocycles. The Balaban J connectivity index is 1.59. The molecule has 0 amide bonds. The molecule has 2 nitrogen and oxygen atoms in total. The number of rotatable bonds is 7. The van der Waals surface area contributed by atoms with Crippen molar-refractivity contribution in [3.63, 3.8) is 0 Å². The van der Waals surface area contributed by atoms with Crippen molar-refractivity contribution < 1.29 is 0 Å². The van der Waals surface area contributed by atoms with Gasteiger partial charge in [0.25, 0.3) is 0 Å². The zero-order chi connectivity index (χ0) is 15.9. The molecule has 0 N–H and O–H groups in total. The van der Waals surface area contributed by atoms with Crippen LogP contribution in [-0.2, 0) is 0 Å². The predicted molar refractivity (Wildman–Crippen MR) is 97.3 cm³/mol. The monoisotopic (exact) mass is 308 g/mol. The third kappa shape index (κ3) is 5.85. The van der Waals surface area contributed by atoms with Gasteiger partial charge in [-0.3, -0.25) is 0 Å². The van der Waals surface area contributed by atoms with E-state index in [1.165, 1.54) is 77.7 Å². The minimum absolute atomic E-state index is 0.875. The van der Waals surface area contributed by atoms with Crippen LogP contribution in [-0.4, -0.2) is 48.6 Å². The van der Waals surface area contributed by atoms with Gasteiger partial charge < -0.3 is 9.80 Å². The third-order valence-electron chi connectivity index (χ3n) is 6.10. The van der Waals surface area contributed by atoms with Crippen molar-refractivity contribution in [3.8, 4) is 0 Å². The van der Waals surface area contributed by atoms with Crippen molar-refractivity contribution >= 4 is 0 Å². The summed E-state index contributed by atoms with van der Waals surface area (Å²) in [5.41, 5.74) is 0. The van der Waals surface area contributed by atoms with Crippen molar-refractivity contribution in [2.45, 2.75) is 78.7 Å². The fourth-order valence-electron chi connectivity index (χ4n) is 4.35. The van der Waals surface area contributed by atoms with E-state index in [9.17, 15) is 0 Å². The molecule has 2 heterocycles. The number of hydrogen-bond acceptors (Lipinski definition) is 2. The molecule has 0 saturated carbocycles. The van der Waals surface area contributed by atoms with Gasteiger partial charge in [-0.25, -0.2) is 0 Å². The van der Waals surface area contributed by atoms with E-state index in [0.29, 0.717) is 0 Å². The molecule has 22 heavy (non-hydrogen) atoms. The van der Waals surface area contributed by atoms with E-state index in [2.05, 4.69) is 37.5 Å². The van der Waals surface area contributed by atoms with E-state index in [0.717, 1.165) is 23.8 Å². The van der Waals surface area contributed by atoms with Crippen LogP contribution >= 0.6 is 0 Å². The smallest absolute Gasteiger partial charge is 0.0120 e. The molecule has 2 rings (SSSR count). The van der Waals surface area contributed by atoms with Crippen molar-refractivity contribution in [2.24, 2.45) is 17.8 Å². The summed E-state index contributed by atoms with van der Waals surface area (Å²) in [4.78, 5) is 5.53. The molecule has 2 heteroatoms. The Hall–Kier alpha value is -0.0800. The van der Waals surface area contributed by atoms with E-state index in [-0.39, 0.29) is 0 Å². The molecule has 0 aromatic heterocycles. The molecule has 0 aromatic rings. The lowest BCUT2D eigenvalue weighted by Gasteiger charge is -2.42. The van der Waals surface area contributed by atoms with E-state index in [1.807, 2.05) is 0 Å².